The van der Waals surface area contributed by atoms with E-state index in [1.54, 1.807) is 6.07 Å². The van der Waals surface area contributed by atoms with E-state index in [0.717, 1.165) is 37.3 Å². The molecule has 0 aliphatic carbocycles. The smallest absolute Gasteiger partial charge is 0.224 e. The molecule has 24 heavy (non-hydrogen) atoms. The van der Waals surface area contributed by atoms with Gasteiger partial charge in [-0.1, -0.05) is 13.8 Å². The first-order valence-electron chi connectivity index (χ1n) is 8.67. The highest BCUT2D eigenvalue weighted by molar-refractivity contribution is 5.65. The largest absolute Gasteiger partial charge is 0.381 e. The van der Waals surface area contributed by atoms with E-state index in [2.05, 4.69) is 29.2 Å². The summed E-state index contributed by atoms with van der Waals surface area (Å²) in [6.45, 7) is 8.33. The van der Waals surface area contributed by atoms with Gasteiger partial charge in [-0.25, -0.2) is 4.98 Å². The molecule has 0 amide bonds. The van der Waals surface area contributed by atoms with Crippen molar-refractivity contribution in [2.45, 2.75) is 45.6 Å². The van der Waals surface area contributed by atoms with E-state index >= 15 is 0 Å². The van der Waals surface area contributed by atoms with Crippen molar-refractivity contribution in [2.75, 3.05) is 25.1 Å². The molecular formula is C18H25FN4O. The van der Waals surface area contributed by atoms with Crippen molar-refractivity contribution in [3.63, 3.8) is 0 Å². The normalized spacial score (nSPS) is 15.9. The van der Waals surface area contributed by atoms with E-state index in [0.29, 0.717) is 17.9 Å². The van der Waals surface area contributed by atoms with Crippen LogP contribution in [0.25, 0.3) is 11.3 Å². The van der Waals surface area contributed by atoms with Crippen LogP contribution < -0.4 is 5.32 Å². The molecule has 0 bridgehead atoms. The molecule has 2 aromatic rings. The van der Waals surface area contributed by atoms with Crippen LogP contribution in [-0.2, 0) is 4.74 Å². The van der Waals surface area contributed by atoms with Crippen molar-refractivity contribution in [3.8, 4) is 11.3 Å². The molecule has 1 saturated heterocycles. The molecular weight excluding hydrogens is 307 g/mol. The lowest BCUT2D eigenvalue weighted by Crippen LogP contribution is -2.21. The standard InChI is InChI=1S/C18H25FN4O/c1-4-20-16-6-5-14(18(19)22-16)17-15(12(2)3)11-21-23(17)13-7-9-24-10-8-13/h5-6,11-13H,4,7-10H2,1-3H3,(H,20,22). The summed E-state index contributed by atoms with van der Waals surface area (Å²) in [5.74, 6) is 0.368. The number of hydrogen-bond acceptors (Lipinski definition) is 4. The zero-order chi connectivity index (χ0) is 17.1. The summed E-state index contributed by atoms with van der Waals surface area (Å²) in [6.07, 6.45) is 3.67. The van der Waals surface area contributed by atoms with Crippen LogP contribution in [0.15, 0.2) is 18.3 Å². The molecule has 1 aliphatic rings. The number of aromatic nitrogens is 3. The van der Waals surface area contributed by atoms with E-state index in [9.17, 15) is 4.39 Å². The van der Waals surface area contributed by atoms with Gasteiger partial charge in [0.2, 0.25) is 5.95 Å². The molecule has 3 heterocycles. The van der Waals surface area contributed by atoms with E-state index in [1.165, 1.54) is 0 Å². The Morgan fingerprint density at radius 1 is 1.33 bits per heavy atom. The lowest BCUT2D eigenvalue weighted by atomic mass is 9.99. The van der Waals surface area contributed by atoms with Crippen molar-refractivity contribution in [1.82, 2.24) is 14.8 Å². The molecule has 5 nitrogen and oxygen atoms in total. The zero-order valence-corrected chi connectivity index (χ0v) is 14.6. The molecule has 2 aromatic heterocycles. The predicted octanol–water partition coefficient (Wildman–Crippen LogP) is 3.99. The van der Waals surface area contributed by atoms with Gasteiger partial charge in [-0.3, -0.25) is 4.68 Å². The number of rotatable bonds is 5. The highest BCUT2D eigenvalue weighted by Crippen LogP contribution is 2.35. The highest BCUT2D eigenvalue weighted by Gasteiger charge is 2.25. The molecule has 0 saturated carbocycles. The van der Waals surface area contributed by atoms with Gasteiger partial charge in [-0.15, -0.1) is 0 Å². The van der Waals surface area contributed by atoms with Crippen LogP contribution in [0.3, 0.4) is 0 Å². The molecule has 3 rings (SSSR count). The number of nitrogens with zero attached hydrogens (tertiary/aromatic N) is 3. The Morgan fingerprint density at radius 3 is 2.71 bits per heavy atom. The monoisotopic (exact) mass is 332 g/mol. The van der Waals surface area contributed by atoms with Gasteiger partial charge >= 0.3 is 0 Å². The number of nitrogens with one attached hydrogen (secondary N) is 1. The van der Waals surface area contributed by atoms with Gasteiger partial charge < -0.3 is 10.1 Å². The Kier molecular flexibility index (Phi) is 5.14. The Labute approximate surface area is 142 Å². The van der Waals surface area contributed by atoms with Gasteiger partial charge in [0.25, 0.3) is 0 Å². The van der Waals surface area contributed by atoms with Crippen LogP contribution in [0, 0.1) is 5.95 Å². The van der Waals surface area contributed by atoms with Crippen LogP contribution in [-0.4, -0.2) is 34.5 Å². The van der Waals surface area contributed by atoms with Gasteiger partial charge in [0.15, 0.2) is 0 Å². The SMILES string of the molecule is CCNc1ccc(-c2c(C(C)C)cnn2C2CCOCC2)c(F)n1. The molecule has 1 fully saturated rings. The van der Waals surface area contributed by atoms with E-state index in [1.807, 2.05) is 23.9 Å². The molecule has 0 radical (unpaired) electrons. The fourth-order valence-corrected chi connectivity index (χ4v) is 3.17. The first kappa shape index (κ1) is 16.9. The fourth-order valence-electron chi connectivity index (χ4n) is 3.17. The van der Waals surface area contributed by atoms with Gasteiger partial charge in [-0.05, 0) is 37.8 Å². The minimum absolute atomic E-state index is 0.245. The minimum Gasteiger partial charge on any atom is -0.381 e. The van der Waals surface area contributed by atoms with Crippen LogP contribution in [0.2, 0.25) is 0 Å². The highest BCUT2D eigenvalue weighted by atomic mass is 19.1. The van der Waals surface area contributed by atoms with Gasteiger partial charge in [0, 0.05) is 25.3 Å². The zero-order valence-electron chi connectivity index (χ0n) is 14.6. The van der Waals surface area contributed by atoms with Crippen molar-refractivity contribution in [3.05, 3.63) is 29.8 Å². The van der Waals surface area contributed by atoms with E-state index in [-0.39, 0.29) is 12.0 Å². The van der Waals surface area contributed by atoms with Crippen molar-refractivity contribution >= 4 is 5.82 Å². The Bertz CT molecular complexity index is 692. The molecule has 1 N–H and O–H groups in total. The van der Waals surface area contributed by atoms with Crippen molar-refractivity contribution in [1.29, 1.82) is 0 Å². The first-order valence-corrected chi connectivity index (χ1v) is 8.67. The Morgan fingerprint density at radius 2 is 2.08 bits per heavy atom. The molecule has 0 aromatic carbocycles. The van der Waals surface area contributed by atoms with Crippen LogP contribution in [0.1, 0.15) is 51.1 Å². The summed E-state index contributed by atoms with van der Waals surface area (Å²) < 4.78 is 22.1. The summed E-state index contributed by atoms with van der Waals surface area (Å²) in [5.41, 5.74) is 2.42. The Balaban J connectivity index is 2.06. The minimum atomic E-state index is -0.454. The molecule has 6 heteroatoms. The first-order chi connectivity index (χ1) is 11.6. The molecule has 0 atom stereocenters. The van der Waals surface area contributed by atoms with Crippen LogP contribution >= 0.6 is 0 Å². The Hall–Kier alpha value is -1.95. The fraction of sp³-hybridized carbons (Fsp3) is 0.556. The third-order valence-corrected chi connectivity index (χ3v) is 4.44. The van der Waals surface area contributed by atoms with Crippen LogP contribution in [0.4, 0.5) is 10.2 Å². The van der Waals surface area contributed by atoms with Crippen molar-refractivity contribution in [2.24, 2.45) is 0 Å². The lowest BCUT2D eigenvalue weighted by Gasteiger charge is -2.25. The second-order valence-corrected chi connectivity index (χ2v) is 6.46. The summed E-state index contributed by atoms with van der Waals surface area (Å²) in [7, 11) is 0. The average Bonchev–Trinajstić information content (AvgIpc) is 3.01. The number of pyridine rings is 1. The van der Waals surface area contributed by atoms with Gasteiger partial charge in [0.05, 0.1) is 23.5 Å². The molecule has 0 unspecified atom stereocenters. The molecule has 1 aliphatic heterocycles. The van der Waals surface area contributed by atoms with Gasteiger partial charge in [0.1, 0.15) is 5.82 Å². The summed E-state index contributed by atoms with van der Waals surface area (Å²) in [6, 6.07) is 3.88. The second kappa shape index (κ2) is 7.30. The number of anilines is 1. The average molecular weight is 332 g/mol. The molecule has 130 valence electrons. The quantitative estimate of drug-likeness (QED) is 0.841. The predicted molar refractivity (Wildman–Crippen MR) is 92.8 cm³/mol. The summed E-state index contributed by atoms with van der Waals surface area (Å²) >= 11 is 0. The topological polar surface area (TPSA) is 52.0 Å². The number of halogens is 1. The van der Waals surface area contributed by atoms with E-state index < -0.39 is 5.95 Å². The number of hydrogen-bond donors (Lipinski definition) is 1. The maximum Gasteiger partial charge on any atom is 0.224 e. The lowest BCUT2D eigenvalue weighted by molar-refractivity contribution is 0.0667. The van der Waals surface area contributed by atoms with Gasteiger partial charge in [-0.2, -0.15) is 9.49 Å². The van der Waals surface area contributed by atoms with E-state index in [4.69, 9.17) is 4.74 Å². The third-order valence-electron chi connectivity index (χ3n) is 4.44. The number of ether oxygens (including phenoxy) is 1. The second-order valence-electron chi connectivity index (χ2n) is 6.46. The maximum absolute atomic E-state index is 14.7. The summed E-state index contributed by atoms with van der Waals surface area (Å²) in [5, 5.41) is 7.63. The molecule has 0 spiro atoms. The van der Waals surface area contributed by atoms with Crippen LogP contribution in [0.5, 0.6) is 0 Å². The summed E-state index contributed by atoms with van der Waals surface area (Å²) in [4.78, 5) is 4.06. The van der Waals surface area contributed by atoms with Crippen molar-refractivity contribution < 1.29 is 9.13 Å². The maximum atomic E-state index is 14.7. The third kappa shape index (κ3) is 3.29.